The largest absolute Gasteiger partial charge is 0.398 e. The number of hydrogen-bond acceptors (Lipinski definition) is 5. The maximum absolute atomic E-state index is 12.1. The van der Waals surface area contributed by atoms with E-state index in [1.165, 1.54) is 11.3 Å². The normalized spacial score (nSPS) is 11.6. The van der Waals surface area contributed by atoms with Gasteiger partial charge in [0.05, 0.1) is 21.8 Å². The van der Waals surface area contributed by atoms with Crippen LogP contribution in [-0.4, -0.2) is 13.4 Å². The van der Waals surface area contributed by atoms with Crippen LogP contribution in [0.3, 0.4) is 0 Å². The molecule has 0 aliphatic carbocycles. The van der Waals surface area contributed by atoms with Crippen LogP contribution in [-0.2, 0) is 15.6 Å². The number of benzene rings is 1. The van der Waals surface area contributed by atoms with Gasteiger partial charge in [-0.1, -0.05) is 6.07 Å². The van der Waals surface area contributed by atoms with Crippen LogP contribution in [0.2, 0.25) is 0 Å². The number of nitrogen functional groups attached to an aromatic ring is 1. The molecule has 0 bridgehead atoms. The SMILES string of the molecule is Cc1ccc(S(=O)(=O)Cc2cncs2)c(N)c1. The number of thiazole rings is 1. The molecule has 1 aromatic carbocycles. The first kappa shape index (κ1) is 12.1. The lowest BCUT2D eigenvalue weighted by Gasteiger charge is -2.07. The summed E-state index contributed by atoms with van der Waals surface area (Å²) >= 11 is 1.32. The maximum atomic E-state index is 12.1. The van der Waals surface area contributed by atoms with Crippen molar-refractivity contribution in [3.63, 3.8) is 0 Å². The van der Waals surface area contributed by atoms with Gasteiger partial charge in [0.15, 0.2) is 9.84 Å². The van der Waals surface area contributed by atoms with Crippen LogP contribution in [0.15, 0.2) is 34.8 Å². The van der Waals surface area contributed by atoms with Crippen LogP contribution < -0.4 is 5.73 Å². The summed E-state index contributed by atoms with van der Waals surface area (Å²) < 4.78 is 24.3. The molecule has 0 saturated carbocycles. The van der Waals surface area contributed by atoms with E-state index in [9.17, 15) is 8.42 Å². The van der Waals surface area contributed by atoms with E-state index in [4.69, 9.17) is 5.73 Å². The number of aromatic nitrogens is 1. The van der Waals surface area contributed by atoms with Gasteiger partial charge in [0.2, 0.25) is 0 Å². The molecule has 2 rings (SSSR count). The summed E-state index contributed by atoms with van der Waals surface area (Å²) in [6, 6.07) is 4.97. The molecule has 0 unspecified atom stereocenters. The standard InChI is InChI=1S/C11H12N2O2S2/c1-8-2-3-11(10(12)4-8)17(14,15)6-9-5-13-7-16-9/h2-5,7H,6,12H2,1H3. The third-order valence-electron chi connectivity index (χ3n) is 2.32. The molecule has 17 heavy (non-hydrogen) atoms. The molecule has 0 saturated heterocycles. The van der Waals surface area contributed by atoms with E-state index in [2.05, 4.69) is 4.98 Å². The molecule has 6 heteroatoms. The Morgan fingerprint density at radius 1 is 1.41 bits per heavy atom. The third-order valence-corrected chi connectivity index (χ3v) is 5.01. The quantitative estimate of drug-likeness (QED) is 0.864. The monoisotopic (exact) mass is 268 g/mol. The van der Waals surface area contributed by atoms with E-state index >= 15 is 0 Å². The van der Waals surface area contributed by atoms with Crippen molar-refractivity contribution in [3.05, 3.63) is 40.3 Å². The second-order valence-corrected chi connectivity index (χ2v) is 6.70. The zero-order chi connectivity index (χ0) is 12.5. The van der Waals surface area contributed by atoms with Crippen molar-refractivity contribution in [2.75, 3.05) is 5.73 Å². The number of sulfone groups is 1. The molecule has 2 aromatic rings. The van der Waals surface area contributed by atoms with Gasteiger partial charge in [-0.3, -0.25) is 4.98 Å². The summed E-state index contributed by atoms with van der Waals surface area (Å²) in [5.41, 5.74) is 8.60. The fourth-order valence-corrected chi connectivity index (χ4v) is 3.94. The molecule has 2 N–H and O–H groups in total. The van der Waals surface area contributed by atoms with Gasteiger partial charge >= 0.3 is 0 Å². The van der Waals surface area contributed by atoms with E-state index in [-0.39, 0.29) is 10.6 Å². The molecule has 0 aliphatic heterocycles. The zero-order valence-electron chi connectivity index (χ0n) is 9.25. The van der Waals surface area contributed by atoms with Crippen molar-refractivity contribution in [1.29, 1.82) is 0 Å². The Balaban J connectivity index is 2.38. The van der Waals surface area contributed by atoms with Crippen molar-refractivity contribution in [3.8, 4) is 0 Å². The summed E-state index contributed by atoms with van der Waals surface area (Å²) in [4.78, 5) is 4.76. The minimum absolute atomic E-state index is 0.0507. The van der Waals surface area contributed by atoms with Crippen molar-refractivity contribution in [2.24, 2.45) is 0 Å². The van der Waals surface area contributed by atoms with Crippen LogP contribution in [0.5, 0.6) is 0 Å². The average Bonchev–Trinajstić information content (AvgIpc) is 2.68. The number of nitrogens with zero attached hydrogens (tertiary/aromatic N) is 1. The molecule has 0 aliphatic rings. The van der Waals surface area contributed by atoms with Crippen molar-refractivity contribution in [2.45, 2.75) is 17.6 Å². The second-order valence-electron chi connectivity index (χ2n) is 3.77. The van der Waals surface area contributed by atoms with Crippen LogP contribution in [0.1, 0.15) is 10.4 Å². The molecule has 1 aromatic heterocycles. The van der Waals surface area contributed by atoms with E-state index in [0.717, 1.165) is 5.56 Å². The summed E-state index contributed by atoms with van der Waals surface area (Å²) in [6.07, 6.45) is 1.56. The Morgan fingerprint density at radius 3 is 2.76 bits per heavy atom. The molecule has 0 amide bonds. The first-order valence-electron chi connectivity index (χ1n) is 4.95. The lowest BCUT2D eigenvalue weighted by atomic mass is 10.2. The van der Waals surface area contributed by atoms with Crippen LogP contribution >= 0.6 is 11.3 Å². The zero-order valence-corrected chi connectivity index (χ0v) is 10.9. The van der Waals surface area contributed by atoms with Crippen molar-refractivity contribution in [1.82, 2.24) is 4.98 Å². The lowest BCUT2D eigenvalue weighted by molar-refractivity contribution is 0.596. The average molecular weight is 268 g/mol. The predicted octanol–water partition coefficient (Wildman–Crippen LogP) is 2.01. The highest BCUT2D eigenvalue weighted by atomic mass is 32.2. The minimum Gasteiger partial charge on any atom is -0.398 e. The Kier molecular flexibility index (Phi) is 3.17. The highest BCUT2D eigenvalue weighted by Gasteiger charge is 2.19. The molecule has 0 radical (unpaired) electrons. The molecule has 90 valence electrons. The van der Waals surface area contributed by atoms with E-state index < -0.39 is 9.84 Å². The smallest absolute Gasteiger partial charge is 0.185 e. The van der Waals surface area contributed by atoms with Gasteiger partial charge in [-0.05, 0) is 24.6 Å². The molecular formula is C11H12N2O2S2. The molecule has 4 nitrogen and oxygen atoms in total. The Hall–Kier alpha value is -1.40. The van der Waals surface area contributed by atoms with E-state index in [0.29, 0.717) is 10.6 Å². The van der Waals surface area contributed by atoms with Gasteiger partial charge in [-0.2, -0.15) is 0 Å². The molecule has 0 fully saturated rings. The van der Waals surface area contributed by atoms with Crippen LogP contribution in [0.25, 0.3) is 0 Å². The highest BCUT2D eigenvalue weighted by Crippen LogP contribution is 2.24. The summed E-state index contributed by atoms with van der Waals surface area (Å²) in [7, 11) is -3.39. The topological polar surface area (TPSA) is 73.0 Å². The van der Waals surface area contributed by atoms with Gasteiger partial charge in [0.25, 0.3) is 0 Å². The molecule has 1 heterocycles. The van der Waals surface area contributed by atoms with E-state index in [1.54, 1.807) is 29.9 Å². The Morgan fingerprint density at radius 2 is 2.18 bits per heavy atom. The van der Waals surface area contributed by atoms with Gasteiger partial charge in [0.1, 0.15) is 0 Å². The second kappa shape index (κ2) is 4.46. The first-order chi connectivity index (χ1) is 7.99. The number of anilines is 1. The summed E-state index contributed by atoms with van der Waals surface area (Å²) in [6.45, 7) is 1.87. The lowest BCUT2D eigenvalue weighted by Crippen LogP contribution is -2.07. The number of hydrogen-bond donors (Lipinski definition) is 1. The number of nitrogens with two attached hydrogens (primary N) is 1. The van der Waals surface area contributed by atoms with Gasteiger partial charge in [-0.25, -0.2) is 8.42 Å². The van der Waals surface area contributed by atoms with Gasteiger partial charge < -0.3 is 5.73 Å². The number of rotatable bonds is 3. The highest BCUT2D eigenvalue weighted by molar-refractivity contribution is 7.91. The maximum Gasteiger partial charge on any atom is 0.185 e. The molecule has 0 atom stereocenters. The van der Waals surface area contributed by atoms with Crippen LogP contribution in [0, 0.1) is 6.92 Å². The fraction of sp³-hybridized carbons (Fsp3) is 0.182. The Bertz CT molecular complexity index is 619. The summed E-state index contributed by atoms with van der Waals surface area (Å²) in [5, 5.41) is 0. The van der Waals surface area contributed by atoms with Crippen molar-refractivity contribution >= 4 is 26.9 Å². The minimum atomic E-state index is -3.39. The van der Waals surface area contributed by atoms with Crippen LogP contribution in [0.4, 0.5) is 5.69 Å². The Labute approximate surface area is 104 Å². The first-order valence-corrected chi connectivity index (χ1v) is 7.48. The molecule has 0 spiro atoms. The summed E-state index contributed by atoms with van der Waals surface area (Å²) in [5.74, 6) is -0.0507. The molecular weight excluding hydrogens is 256 g/mol. The van der Waals surface area contributed by atoms with E-state index in [1.807, 2.05) is 6.92 Å². The third kappa shape index (κ3) is 2.65. The van der Waals surface area contributed by atoms with Gasteiger partial charge in [0, 0.05) is 11.1 Å². The predicted molar refractivity (Wildman–Crippen MR) is 68.6 cm³/mol. The van der Waals surface area contributed by atoms with Crippen molar-refractivity contribution < 1.29 is 8.42 Å². The fourth-order valence-electron chi connectivity index (χ4n) is 1.53. The number of aryl methyl sites for hydroxylation is 1. The van der Waals surface area contributed by atoms with Gasteiger partial charge in [-0.15, -0.1) is 11.3 Å².